The van der Waals surface area contributed by atoms with E-state index in [4.69, 9.17) is 10.00 Å². The normalized spacial score (nSPS) is 9.56. The van der Waals surface area contributed by atoms with Crippen molar-refractivity contribution in [3.8, 4) is 11.8 Å². The van der Waals surface area contributed by atoms with E-state index >= 15 is 0 Å². The molecule has 96 valence electrons. The molecule has 4 nitrogen and oxygen atoms in total. The minimum Gasteiger partial charge on any atom is -0.491 e. The van der Waals surface area contributed by atoms with Crippen molar-refractivity contribution in [1.82, 2.24) is 5.32 Å². The smallest absolute Gasteiger partial charge is 0.229 e. The van der Waals surface area contributed by atoms with Gasteiger partial charge in [0.05, 0.1) is 17.9 Å². The van der Waals surface area contributed by atoms with Gasteiger partial charge >= 0.3 is 0 Å². The summed E-state index contributed by atoms with van der Waals surface area (Å²) in [4.78, 5) is 11.2. The molecular weight excluding hydrogens is 248 g/mol. The number of carbonyl (C=O) groups excluding carboxylic acids is 1. The summed E-state index contributed by atoms with van der Waals surface area (Å²) in [6.07, 6.45) is 0. The summed E-state index contributed by atoms with van der Waals surface area (Å²) >= 11 is 1.51. The number of hydrogen-bond acceptors (Lipinski definition) is 4. The molecule has 0 spiro atoms. The van der Waals surface area contributed by atoms with E-state index in [1.807, 2.05) is 13.0 Å². The summed E-state index contributed by atoms with van der Waals surface area (Å²) in [5, 5.41) is 11.6. The van der Waals surface area contributed by atoms with E-state index in [0.717, 1.165) is 5.75 Å². The van der Waals surface area contributed by atoms with E-state index in [0.29, 0.717) is 30.2 Å². The summed E-state index contributed by atoms with van der Waals surface area (Å²) < 4.78 is 5.49. The molecule has 18 heavy (non-hydrogen) atoms. The standard InChI is InChI=1S/C13H16N2O2S/c1-2-15-13(16)10-18-8-7-17-12-6-4-3-5-11(12)9-14/h3-6H,2,7-8,10H2,1H3,(H,15,16). The van der Waals surface area contributed by atoms with Crippen molar-refractivity contribution in [3.05, 3.63) is 29.8 Å². The van der Waals surface area contributed by atoms with Crippen LogP contribution < -0.4 is 10.1 Å². The van der Waals surface area contributed by atoms with Gasteiger partial charge < -0.3 is 10.1 Å². The Labute approximate surface area is 111 Å². The topological polar surface area (TPSA) is 62.1 Å². The lowest BCUT2D eigenvalue weighted by Crippen LogP contribution is -2.24. The Balaban J connectivity index is 2.22. The first kappa shape index (κ1) is 14.4. The van der Waals surface area contributed by atoms with Gasteiger partial charge in [0.1, 0.15) is 11.8 Å². The van der Waals surface area contributed by atoms with E-state index in [-0.39, 0.29) is 5.91 Å². The van der Waals surface area contributed by atoms with E-state index in [2.05, 4.69) is 11.4 Å². The van der Waals surface area contributed by atoms with Crippen LogP contribution in [0.4, 0.5) is 0 Å². The quantitative estimate of drug-likeness (QED) is 0.763. The van der Waals surface area contributed by atoms with Gasteiger partial charge in [0.25, 0.3) is 0 Å². The number of thioether (sulfide) groups is 1. The van der Waals surface area contributed by atoms with Gasteiger partial charge in [0, 0.05) is 12.3 Å². The number of nitrogens with zero attached hydrogens (tertiary/aromatic N) is 1. The monoisotopic (exact) mass is 264 g/mol. The first-order valence-corrected chi connectivity index (χ1v) is 6.89. The molecule has 0 aliphatic heterocycles. The van der Waals surface area contributed by atoms with Crippen LogP contribution in [0.15, 0.2) is 24.3 Å². The van der Waals surface area contributed by atoms with Gasteiger partial charge in [-0.15, -0.1) is 11.8 Å². The van der Waals surface area contributed by atoms with Gasteiger partial charge in [0.2, 0.25) is 5.91 Å². The van der Waals surface area contributed by atoms with E-state index < -0.39 is 0 Å². The number of nitriles is 1. The molecule has 0 radical (unpaired) electrons. The minimum absolute atomic E-state index is 0.0416. The molecule has 0 saturated carbocycles. The highest BCUT2D eigenvalue weighted by molar-refractivity contribution is 7.99. The second kappa shape index (κ2) is 8.43. The Hall–Kier alpha value is -1.67. The Morgan fingerprint density at radius 3 is 3.00 bits per heavy atom. The molecule has 1 aromatic rings. The number of rotatable bonds is 7. The maximum absolute atomic E-state index is 11.2. The Kier molecular flexibility index (Phi) is 6.74. The van der Waals surface area contributed by atoms with Gasteiger partial charge in [-0.2, -0.15) is 5.26 Å². The van der Waals surface area contributed by atoms with Gasteiger partial charge in [-0.3, -0.25) is 4.79 Å². The van der Waals surface area contributed by atoms with Crippen LogP contribution >= 0.6 is 11.8 Å². The molecule has 1 amide bonds. The van der Waals surface area contributed by atoms with Crippen molar-refractivity contribution in [1.29, 1.82) is 5.26 Å². The Morgan fingerprint density at radius 2 is 2.28 bits per heavy atom. The zero-order valence-electron chi connectivity index (χ0n) is 10.3. The lowest BCUT2D eigenvalue weighted by atomic mass is 10.2. The maximum Gasteiger partial charge on any atom is 0.229 e. The maximum atomic E-state index is 11.2. The van der Waals surface area contributed by atoms with Gasteiger partial charge in [0.15, 0.2) is 0 Å². The predicted molar refractivity (Wildman–Crippen MR) is 72.7 cm³/mol. The van der Waals surface area contributed by atoms with Crippen LogP contribution in [0.5, 0.6) is 5.75 Å². The van der Waals surface area contributed by atoms with Crippen molar-refractivity contribution in [2.45, 2.75) is 6.92 Å². The molecule has 1 N–H and O–H groups in total. The SMILES string of the molecule is CCNC(=O)CSCCOc1ccccc1C#N. The first-order valence-electron chi connectivity index (χ1n) is 5.74. The molecule has 0 atom stereocenters. The lowest BCUT2D eigenvalue weighted by Gasteiger charge is -2.07. The fourth-order valence-corrected chi connectivity index (χ4v) is 1.94. The molecule has 0 aliphatic carbocycles. The van der Waals surface area contributed by atoms with Crippen LogP contribution in [0, 0.1) is 11.3 Å². The van der Waals surface area contributed by atoms with Gasteiger partial charge in [-0.25, -0.2) is 0 Å². The number of benzene rings is 1. The fourth-order valence-electron chi connectivity index (χ4n) is 1.31. The molecule has 0 aromatic heterocycles. The number of ether oxygens (including phenoxy) is 1. The van der Waals surface area contributed by atoms with Crippen LogP contribution in [-0.2, 0) is 4.79 Å². The molecule has 0 bridgehead atoms. The Bertz CT molecular complexity index is 429. The second-order valence-corrected chi connectivity index (χ2v) is 4.57. The zero-order valence-corrected chi connectivity index (χ0v) is 11.1. The highest BCUT2D eigenvalue weighted by Gasteiger charge is 2.02. The minimum atomic E-state index is 0.0416. The first-order chi connectivity index (χ1) is 8.77. The highest BCUT2D eigenvalue weighted by atomic mass is 32.2. The van der Waals surface area contributed by atoms with Crippen molar-refractivity contribution >= 4 is 17.7 Å². The third kappa shape index (κ3) is 5.11. The molecule has 1 aromatic carbocycles. The molecule has 1 rings (SSSR count). The fraction of sp³-hybridized carbons (Fsp3) is 0.385. The number of nitrogens with one attached hydrogen (secondary N) is 1. The summed E-state index contributed by atoms with van der Waals surface area (Å²) in [6, 6.07) is 9.20. The van der Waals surface area contributed by atoms with E-state index in [1.165, 1.54) is 11.8 Å². The van der Waals surface area contributed by atoms with Crippen LogP contribution in [0.2, 0.25) is 0 Å². The van der Waals surface area contributed by atoms with Crippen LogP contribution in [0.3, 0.4) is 0 Å². The molecule has 0 saturated heterocycles. The van der Waals surface area contributed by atoms with Crippen LogP contribution in [0.1, 0.15) is 12.5 Å². The molecule has 0 heterocycles. The number of hydrogen-bond donors (Lipinski definition) is 1. The van der Waals surface area contributed by atoms with Crippen molar-refractivity contribution in [2.24, 2.45) is 0 Å². The second-order valence-electron chi connectivity index (χ2n) is 3.46. The third-order valence-electron chi connectivity index (χ3n) is 2.10. The molecule has 0 aliphatic rings. The van der Waals surface area contributed by atoms with E-state index in [9.17, 15) is 4.79 Å². The molecule has 0 fully saturated rings. The third-order valence-corrected chi connectivity index (χ3v) is 3.02. The van der Waals surface area contributed by atoms with Crippen molar-refractivity contribution in [2.75, 3.05) is 24.7 Å². The summed E-state index contributed by atoms with van der Waals surface area (Å²) in [5.74, 6) is 1.80. The number of carbonyl (C=O) groups is 1. The Morgan fingerprint density at radius 1 is 1.50 bits per heavy atom. The average Bonchev–Trinajstić information content (AvgIpc) is 2.39. The summed E-state index contributed by atoms with van der Waals surface area (Å²) in [5.41, 5.74) is 0.534. The molecule has 5 heteroatoms. The zero-order chi connectivity index (χ0) is 13.2. The van der Waals surface area contributed by atoms with Gasteiger partial charge in [-0.05, 0) is 19.1 Å². The highest BCUT2D eigenvalue weighted by Crippen LogP contribution is 2.16. The molecule has 0 unspecified atom stereocenters. The number of para-hydroxylation sites is 1. The van der Waals surface area contributed by atoms with Crippen LogP contribution in [0.25, 0.3) is 0 Å². The molecular formula is C13H16N2O2S. The number of amides is 1. The van der Waals surface area contributed by atoms with E-state index in [1.54, 1.807) is 18.2 Å². The summed E-state index contributed by atoms with van der Waals surface area (Å²) in [7, 11) is 0. The van der Waals surface area contributed by atoms with Crippen LogP contribution in [-0.4, -0.2) is 30.6 Å². The summed E-state index contributed by atoms with van der Waals surface area (Å²) in [6.45, 7) is 3.04. The lowest BCUT2D eigenvalue weighted by molar-refractivity contribution is -0.118. The average molecular weight is 264 g/mol. The van der Waals surface area contributed by atoms with Gasteiger partial charge in [-0.1, -0.05) is 12.1 Å². The van der Waals surface area contributed by atoms with Crippen molar-refractivity contribution < 1.29 is 9.53 Å². The van der Waals surface area contributed by atoms with Crippen molar-refractivity contribution in [3.63, 3.8) is 0 Å². The predicted octanol–water partition coefficient (Wildman–Crippen LogP) is 1.81. The largest absolute Gasteiger partial charge is 0.491 e.